The van der Waals surface area contributed by atoms with Gasteiger partial charge in [-0.3, -0.25) is 5.41 Å². The number of aromatic nitrogens is 2. The van der Waals surface area contributed by atoms with Gasteiger partial charge in [0.2, 0.25) is 0 Å². The fourth-order valence-corrected chi connectivity index (χ4v) is 2.36. The fourth-order valence-electron chi connectivity index (χ4n) is 2.36. The molecule has 6 nitrogen and oxygen atoms in total. The van der Waals surface area contributed by atoms with Crippen LogP contribution in [-0.2, 0) is 0 Å². The zero-order chi connectivity index (χ0) is 13.0. The van der Waals surface area contributed by atoms with E-state index in [4.69, 9.17) is 16.2 Å². The molecule has 1 aromatic rings. The topological polar surface area (TPSA) is 99.1 Å². The molecule has 1 aliphatic rings. The number of nitrogens with one attached hydrogen (secondary N) is 1. The van der Waals surface area contributed by atoms with Gasteiger partial charge in [0.1, 0.15) is 17.3 Å². The maximum Gasteiger partial charge on any atom is 0.147 e. The van der Waals surface area contributed by atoms with Crippen LogP contribution in [0.3, 0.4) is 0 Å². The second kappa shape index (κ2) is 5.77. The van der Waals surface area contributed by atoms with Gasteiger partial charge in [-0.05, 0) is 25.7 Å². The summed E-state index contributed by atoms with van der Waals surface area (Å²) in [6.45, 7) is 1.14. The molecular weight excluding hydrogens is 230 g/mol. The lowest BCUT2D eigenvalue weighted by Crippen LogP contribution is -2.40. The van der Waals surface area contributed by atoms with Crippen LogP contribution in [0, 0.1) is 5.41 Å². The Bertz CT molecular complexity index is 403. The molecule has 1 aliphatic heterocycles. The third kappa shape index (κ3) is 2.76. The number of hydrogen-bond acceptors (Lipinski definition) is 5. The van der Waals surface area contributed by atoms with Crippen molar-refractivity contribution < 1.29 is 5.11 Å². The second-order valence-electron chi connectivity index (χ2n) is 4.53. The van der Waals surface area contributed by atoms with Gasteiger partial charge < -0.3 is 15.7 Å². The fraction of sp³-hybridized carbons (Fsp3) is 0.583. The molecule has 0 amide bonds. The molecule has 1 fully saturated rings. The van der Waals surface area contributed by atoms with Crippen molar-refractivity contribution in [2.45, 2.75) is 31.7 Å². The normalized spacial score (nSPS) is 19.8. The van der Waals surface area contributed by atoms with E-state index in [9.17, 15) is 0 Å². The van der Waals surface area contributed by atoms with Crippen molar-refractivity contribution >= 4 is 11.7 Å². The lowest BCUT2D eigenvalue weighted by molar-refractivity contribution is 0.262. The molecule has 0 radical (unpaired) electrons. The molecule has 0 aliphatic carbocycles. The summed E-state index contributed by atoms with van der Waals surface area (Å²) in [6.07, 6.45) is 7.36. The van der Waals surface area contributed by atoms with E-state index in [1.165, 1.54) is 12.6 Å². The highest BCUT2D eigenvalue weighted by molar-refractivity contribution is 5.92. The van der Waals surface area contributed by atoms with E-state index < -0.39 is 0 Å². The molecule has 0 saturated carbocycles. The van der Waals surface area contributed by atoms with Gasteiger partial charge in [-0.2, -0.15) is 0 Å². The van der Waals surface area contributed by atoms with Crippen molar-refractivity contribution in [3.63, 3.8) is 0 Å². The van der Waals surface area contributed by atoms with Crippen molar-refractivity contribution in [3.05, 3.63) is 18.1 Å². The summed E-state index contributed by atoms with van der Waals surface area (Å²) in [5, 5.41) is 16.4. The van der Waals surface area contributed by atoms with E-state index in [0.717, 1.165) is 31.6 Å². The van der Waals surface area contributed by atoms with Gasteiger partial charge in [-0.25, -0.2) is 9.97 Å². The standard InChI is InChI=1S/C12H19N5O/c13-12(14)10-7-16-11(8-15-10)17-5-2-1-3-9(17)4-6-18/h7-9,18H,1-6H2,(H3,13,14). The van der Waals surface area contributed by atoms with Crippen molar-refractivity contribution in [3.8, 4) is 0 Å². The summed E-state index contributed by atoms with van der Waals surface area (Å²) in [5.74, 6) is 0.734. The Hall–Kier alpha value is -1.69. The molecule has 2 heterocycles. The van der Waals surface area contributed by atoms with Crippen LogP contribution in [0.15, 0.2) is 12.4 Å². The van der Waals surface area contributed by atoms with Crippen LogP contribution in [-0.4, -0.2) is 40.1 Å². The summed E-state index contributed by atoms with van der Waals surface area (Å²) in [5.41, 5.74) is 5.75. The summed E-state index contributed by atoms with van der Waals surface area (Å²) in [4.78, 5) is 10.6. The van der Waals surface area contributed by atoms with Crippen molar-refractivity contribution in [1.82, 2.24) is 9.97 Å². The third-order valence-electron chi connectivity index (χ3n) is 3.30. The molecule has 4 N–H and O–H groups in total. The number of hydrogen-bond donors (Lipinski definition) is 3. The Morgan fingerprint density at radius 1 is 1.44 bits per heavy atom. The first-order valence-electron chi connectivity index (χ1n) is 6.26. The highest BCUT2D eigenvalue weighted by Gasteiger charge is 2.23. The lowest BCUT2D eigenvalue weighted by atomic mass is 10.00. The first-order valence-corrected chi connectivity index (χ1v) is 6.26. The molecule has 2 rings (SSSR count). The van der Waals surface area contributed by atoms with Gasteiger partial charge in [0.05, 0.1) is 12.4 Å². The Balaban J connectivity index is 2.15. The molecule has 98 valence electrons. The molecule has 1 unspecified atom stereocenters. The van der Waals surface area contributed by atoms with Crippen molar-refractivity contribution in [1.29, 1.82) is 5.41 Å². The monoisotopic (exact) mass is 249 g/mol. The van der Waals surface area contributed by atoms with Crippen LogP contribution in [0.5, 0.6) is 0 Å². The minimum absolute atomic E-state index is 0.0698. The minimum atomic E-state index is -0.0698. The molecular formula is C12H19N5O. The highest BCUT2D eigenvalue weighted by Crippen LogP contribution is 2.24. The Morgan fingerprint density at radius 2 is 2.28 bits per heavy atom. The van der Waals surface area contributed by atoms with E-state index in [2.05, 4.69) is 14.9 Å². The van der Waals surface area contributed by atoms with Gasteiger partial charge in [-0.1, -0.05) is 0 Å². The number of aliphatic hydroxyl groups excluding tert-OH is 1. The first-order chi connectivity index (χ1) is 8.72. The minimum Gasteiger partial charge on any atom is -0.396 e. The van der Waals surface area contributed by atoms with E-state index >= 15 is 0 Å². The maximum atomic E-state index is 9.09. The Kier molecular flexibility index (Phi) is 4.09. The van der Waals surface area contributed by atoms with Crippen LogP contribution < -0.4 is 10.6 Å². The van der Waals surface area contributed by atoms with Crippen LogP contribution in [0.1, 0.15) is 31.4 Å². The van der Waals surface area contributed by atoms with Crippen molar-refractivity contribution in [2.24, 2.45) is 5.73 Å². The zero-order valence-electron chi connectivity index (χ0n) is 10.3. The van der Waals surface area contributed by atoms with Crippen molar-refractivity contribution in [2.75, 3.05) is 18.1 Å². The van der Waals surface area contributed by atoms with E-state index in [1.54, 1.807) is 6.20 Å². The summed E-state index contributed by atoms with van der Waals surface area (Å²) in [7, 11) is 0. The predicted molar refractivity (Wildman–Crippen MR) is 69.7 cm³/mol. The van der Waals surface area contributed by atoms with Gasteiger partial charge in [0, 0.05) is 19.2 Å². The average molecular weight is 249 g/mol. The molecule has 1 saturated heterocycles. The van der Waals surface area contributed by atoms with Crippen LogP contribution in [0.25, 0.3) is 0 Å². The van der Waals surface area contributed by atoms with Crippen LogP contribution in [0.2, 0.25) is 0 Å². The second-order valence-corrected chi connectivity index (χ2v) is 4.53. The highest BCUT2D eigenvalue weighted by atomic mass is 16.3. The number of anilines is 1. The SMILES string of the molecule is N=C(N)c1cnc(N2CCCCC2CCO)cn1. The summed E-state index contributed by atoms with van der Waals surface area (Å²) < 4.78 is 0. The number of nitrogen functional groups attached to an aromatic ring is 1. The maximum absolute atomic E-state index is 9.09. The van der Waals surface area contributed by atoms with Crippen LogP contribution >= 0.6 is 0 Å². The number of nitrogens with two attached hydrogens (primary N) is 1. The molecule has 1 aromatic heterocycles. The quantitative estimate of drug-likeness (QED) is 0.533. The number of rotatable bonds is 4. The molecule has 0 aromatic carbocycles. The third-order valence-corrected chi connectivity index (χ3v) is 3.30. The largest absolute Gasteiger partial charge is 0.396 e. The number of piperidine rings is 1. The number of amidine groups is 1. The molecule has 0 bridgehead atoms. The Morgan fingerprint density at radius 3 is 2.89 bits per heavy atom. The molecule has 6 heteroatoms. The van der Waals surface area contributed by atoms with Gasteiger partial charge in [-0.15, -0.1) is 0 Å². The number of nitrogens with zero attached hydrogens (tertiary/aromatic N) is 3. The van der Waals surface area contributed by atoms with E-state index in [1.807, 2.05) is 0 Å². The first kappa shape index (κ1) is 12.8. The lowest BCUT2D eigenvalue weighted by Gasteiger charge is -2.36. The van der Waals surface area contributed by atoms with Crippen LogP contribution in [0.4, 0.5) is 5.82 Å². The smallest absolute Gasteiger partial charge is 0.147 e. The van der Waals surface area contributed by atoms with E-state index in [0.29, 0.717) is 11.7 Å². The molecule has 1 atom stereocenters. The van der Waals surface area contributed by atoms with Gasteiger partial charge >= 0.3 is 0 Å². The van der Waals surface area contributed by atoms with Gasteiger partial charge in [0.15, 0.2) is 0 Å². The summed E-state index contributed by atoms with van der Waals surface area (Å²) in [6, 6.07) is 0.334. The summed E-state index contributed by atoms with van der Waals surface area (Å²) >= 11 is 0. The van der Waals surface area contributed by atoms with E-state index in [-0.39, 0.29) is 12.4 Å². The molecule has 18 heavy (non-hydrogen) atoms. The number of aliphatic hydroxyl groups is 1. The molecule has 0 spiro atoms. The Labute approximate surface area is 106 Å². The van der Waals surface area contributed by atoms with Gasteiger partial charge in [0.25, 0.3) is 0 Å². The predicted octanol–water partition coefficient (Wildman–Crippen LogP) is 0.502. The average Bonchev–Trinajstić information content (AvgIpc) is 2.40. The zero-order valence-corrected chi connectivity index (χ0v) is 10.3.